The Morgan fingerprint density at radius 2 is 1.74 bits per heavy atom. The van der Waals surface area contributed by atoms with Gasteiger partial charge in [0, 0.05) is 22.2 Å². The number of rotatable bonds is 9. The number of fused-ring (bicyclic) bond motifs is 1. The predicted molar refractivity (Wildman–Crippen MR) is 142 cm³/mol. The van der Waals surface area contributed by atoms with E-state index in [1.807, 2.05) is 31.2 Å². The van der Waals surface area contributed by atoms with Gasteiger partial charge in [0.05, 0.1) is 24.1 Å². The number of aryl methyl sites for hydroxylation is 1. The lowest BCUT2D eigenvalue weighted by Crippen LogP contribution is -2.10. The lowest BCUT2D eigenvalue weighted by Gasteiger charge is -2.13. The predicted octanol–water partition coefficient (Wildman–Crippen LogP) is 6.64. The first-order valence-corrected chi connectivity index (χ1v) is 12.8. The number of aromatic amines is 1. The number of halogens is 3. The van der Waals surface area contributed by atoms with Gasteiger partial charge in [0.2, 0.25) is 0 Å². The average molecular weight is 553 g/mol. The van der Waals surface area contributed by atoms with E-state index in [0.717, 1.165) is 40.5 Å². The molecule has 5 aromatic rings. The van der Waals surface area contributed by atoms with Crippen molar-refractivity contribution in [3.8, 4) is 17.2 Å². The largest absolute Gasteiger partial charge is 0.497 e. The molecule has 200 valence electrons. The van der Waals surface area contributed by atoms with Crippen LogP contribution in [0.25, 0.3) is 16.6 Å². The summed E-state index contributed by atoms with van der Waals surface area (Å²) in [5.41, 5.74) is 1.58. The fourth-order valence-corrected chi connectivity index (χ4v) is 5.07. The van der Waals surface area contributed by atoms with Gasteiger partial charge in [-0.2, -0.15) is 13.2 Å². The number of hydrogen-bond donors (Lipinski definition) is 1. The molecule has 0 bridgehead atoms. The number of ether oxygens (including phenoxy) is 2. The third kappa shape index (κ3) is 5.63. The van der Waals surface area contributed by atoms with Gasteiger partial charge in [0.15, 0.2) is 16.8 Å². The maximum absolute atomic E-state index is 13.5. The zero-order valence-corrected chi connectivity index (χ0v) is 21.8. The summed E-state index contributed by atoms with van der Waals surface area (Å²) in [6.45, 7) is 1.77. The van der Waals surface area contributed by atoms with Crippen LogP contribution in [0.3, 0.4) is 0 Å². The molecule has 1 N–H and O–H groups in total. The second kappa shape index (κ2) is 10.9. The first kappa shape index (κ1) is 26.4. The number of aromatic nitrogens is 4. The molecule has 7 nitrogen and oxygen atoms in total. The van der Waals surface area contributed by atoms with Crippen LogP contribution in [-0.2, 0) is 12.8 Å². The molecular formula is C28H23F3N4O3S. The molecule has 0 spiro atoms. The Balaban J connectivity index is 1.44. The number of carbonyl (C=O) groups excluding carboxylic acids is 1. The summed E-state index contributed by atoms with van der Waals surface area (Å²) >= 11 is 1.10. The molecule has 39 heavy (non-hydrogen) atoms. The lowest BCUT2D eigenvalue weighted by molar-refractivity contribution is -0.137. The van der Waals surface area contributed by atoms with E-state index in [0.29, 0.717) is 17.1 Å². The summed E-state index contributed by atoms with van der Waals surface area (Å²) < 4.78 is 52.9. The third-order valence-corrected chi connectivity index (χ3v) is 6.99. The van der Waals surface area contributed by atoms with E-state index in [4.69, 9.17) is 9.47 Å². The Morgan fingerprint density at radius 3 is 2.49 bits per heavy atom. The Kier molecular flexibility index (Phi) is 7.34. The molecule has 2 aromatic heterocycles. The van der Waals surface area contributed by atoms with E-state index in [9.17, 15) is 18.0 Å². The van der Waals surface area contributed by atoms with Gasteiger partial charge in [-0.05, 0) is 55.5 Å². The molecule has 5 rings (SSSR count). The summed E-state index contributed by atoms with van der Waals surface area (Å²) in [6, 6.07) is 19.3. The maximum atomic E-state index is 13.5. The molecule has 0 atom stereocenters. The zero-order valence-electron chi connectivity index (χ0n) is 21.0. The van der Waals surface area contributed by atoms with Gasteiger partial charge < -0.3 is 14.5 Å². The van der Waals surface area contributed by atoms with E-state index in [1.54, 1.807) is 31.4 Å². The highest BCUT2D eigenvalue weighted by Gasteiger charge is 2.31. The van der Waals surface area contributed by atoms with E-state index in [-0.39, 0.29) is 34.8 Å². The summed E-state index contributed by atoms with van der Waals surface area (Å²) in [4.78, 5) is 16.4. The number of alkyl halides is 3. The van der Waals surface area contributed by atoms with Crippen molar-refractivity contribution in [3.63, 3.8) is 0 Å². The molecule has 0 aliphatic carbocycles. The molecule has 0 radical (unpaired) electrons. The zero-order chi connectivity index (χ0) is 27.6. The number of hydrogen-bond acceptors (Lipinski definition) is 6. The van der Waals surface area contributed by atoms with Crippen LogP contribution in [0.4, 0.5) is 13.2 Å². The Hall–Kier alpha value is -4.25. The van der Waals surface area contributed by atoms with Crippen molar-refractivity contribution in [1.29, 1.82) is 0 Å². The minimum Gasteiger partial charge on any atom is -0.497 e. The first-order valence-electron chi connectivity index (χ1n) is 11.9. The highest BCUT2D eigenvalue weighted by atomic mass is 32.2. The minimum atomic E-state index is -4.53. The van der Waals surface area contributed by atoms with Crippen molar-refractivity contribution >= 4 is 28.4 Å². The molecule has 2 heterocycles. The summed E-state index contributed by atoms with van der Waals surface area (Å²) in [5, 5.41) is 9.47. The van der Waals surface area contributed by atoms with Crippen LogP contribution in [0.5, 0.6) is 11.5 Å². The van der Waals surface area contributed by atoms with Gasteiger partial charge in [-0.1, -0.05) is 36.0 Å². The van der Waals surface area contributed by atoms with Gasteiger partial charge in [-0.15, -0.1) is 10.2 Å². The third-order valence-electron chi connectivity index (χ3n) is 6.06. The first-order chi connectivity index (χ1) is 18.7. The van der Waals surface area contributed by atoms with Crippen LogP contribution in [0.2, 0.25) is 0 Å². The summed E-state index contributed by atoms with van der Waals surface area (Å²) in [7, 11) is 1.55. The van der Waals surface area contributed by atoms with Crippen molar-refractivity contribution in [2.24, 2.45) is 0 Å². The van der Waals surface area contributed by atoms with Gasteiger partial charge in [0.25, 0.3) is 0 Å². The van der Waals surface area contributed by atoms with Crippen LogP contribution < -0.4 is 9.47 Å². The standard InChI is InChI=1S/C28H23F3N4O3S/c1-17-26(22-8-3-4-9-23(22)32-17)24(36)16-39-27-34-33-25(15-38-21-12-10-20(37-2)11-13-21)35(27)19-7-5-6-18(14-19)28(29,30)31/h3-14,32H,15-16H2,1-2H3. The molecular weight excluding hydrogens is 529 g/mol. The van der Waals surface area contributed by atoms with Gasteiger partial charge in [0.1, 0.15) is 18.1 Å². The summed E-state index contributed by atoms with van der Waals surface area (Å²) in [6.07, 6.45) is -4.53. The number of benzene rings is 3. The lowest BCUT2D eigenvalue weighted by atomic mass is 10.1. The monoisotopic (exact) mass is 552 g/mol. The SMILES string of the molecule is COc1ccc(OCc2nnc(SCC(=O)c3c(C)[nH]c4ccccc34)n2-c2cccc(C(F)(F)F)c2)cc1. The molecule has 3 aromatic carbocycles. The molecule has 0 amide bonds. The molecule has 0 aliphatic rings. The number of carbonyl (C=O) groups is 1. The minimum absolute atomic E-state index is 0.0130. The second-order valence-corrected chi connectivity index (χ2v) is 9.57. The molecule has 0 unspecified atom stereocenters. The number of methoxy groups -OCH3 is 1. The normalized spacial score (nSPS) is 11.6. The fourth-order valence-electron chi connectivity index (χ4n) is 4.23. The Morgan fingerprint density at radius 1 is 1.00 bits per heavy atom. The maximum Gasteiger partial charge on any atom is 0.416 e. The van der Waals surface area contributed by atoms with Crippen LogP contribution in [0.1, 0.15) is 27.4 Å². The quantitative estimate of drug-likeness (QED) is 0.163. The number of nitrogens with one attached hydrogen (secondary N) is 1. The number of ketones is 1. The van der Waals surface area contributed by atoms with E-state index in [1.165, 1.54) is 16.7 Å². The number of Topliss-reactive ketones (excluding diaryl/α,β-unsaturated/α-hetero) is 1. The van der Waals surface area contributed by atoms with Crippen LogP contribution in [0, 0.1) is 6.92 Å². The highest BCUT2D eigenvalue weighted by Crippen LogP contribution is 2.32. The molecule has 11 heteroatoms. The van der Waals surface area contributed by atoms with Crippen LogP contribution in [0.15, 0.2) is 78.0 Å². The van der Waals surface area contributed by atoms with E-state index in [2.05, 4.69) is 15.2 Å². The van der Waals surface area contributed by atoms with Crippen LogP contribution >= 0.6 is 11.8 Å². The second-order valence-electron chi connectivity index (χ2n) is 8.63. The van der Waals surface area contributed by atoms with Crippen LogP contribution in [-0.4, -0.2) is 38.4 Å². The van der Waals surface area contributed by atoms with Crippen molar-refractivity contribution in [1.82, 2.24) is 19.7 Å². The Labute approximate surface area is 226 Å². The number of para-hydroxylation sites is 1. The van der Waals surface area contributed by atoms with Crippen molar-refractivity contribution in [2.75, 3.05) is 12.9 Å². The molecule has 0 saturated carbocycles. The van der Waals surface area contributed by atoms with Gasteiger partial charge in [-0.3, -0.25) is 9.36 Å². The summed E-state index contributed by atoms with van der Waals surface area (Å²) in [5.74, 6) is 1.34. The fraction of sp³-hybridized carbons (Fsp3) is 0.179. The molecule has 0 fully saturated rings. The van der Waals surface area contributed by atoms with Gasteiger partial charge in [-0.25, -0.2) is 0 Å². The van der Waals surface area contributed by atoms with E-state index >= 15 is 0 Å². The van der Waals surface area contributed by atoms with Crippen molar-refractivity contribution < 1.29 is 27.4 Å². The van der Waals surface area contributed by atoms with Crippen molar-refractivity contribution in [2.45, 2.75) is 24.9 Å². The topological polar surface area (TPSA) is 82.0 Å². The average Bonchev–Trinajstić information content (AvgIpc) is 3.50. The van der Waals surface area contributed by atoms with Gasteiger partial charge >= 0.3 is 6.18 Å². The number of H-pyrrole nitrogens is 1. The smallest absolute Gasteiger partial charge is 0.416 e. The highest BCUT2D eigenvalue weighted by molar-refractivity contribution is 7.99. The van der Waals surface area contributed by atoms with Crippen molar-refractivity contribution in [3.05, 3.63) is 95.4 Å². The Bertz CT molecular complexity index is 1630. The number of nitrogens with zero attached hydrogens (tertiary/aromatic N) is 3. The molecule has 0 aliphatic heterocycles. The van der Waals surface area contributed by atoms with E-state index < -0.39 is 11.7 Å². The number of thioether (sulfide) groups is 1. The molecule has 0 saturated heterocycles.